The van der Waals surface area contributed by atoms with Crippen LogP contribution in [0.25, 0.3) is 0 Å². The molecule has 0 aromatic rings. The van der Waals surface area contributed by atoms with Crippen molar-refractivity contribution < 1.29 is 4.79 Å². The minimum atomic E-state index is 0.142. The first-order valence-corrected chi connectivity index (χ1v) is 7.18. The van der Waals surface area contributed by atoms with Crippen LogP contribution < -0.4 is 0 Å². The lowest BCUT2D eigenvalue weighted by Gasteiger charge is -2.15. The SMILES string of the molecule is C=C1CCCC/C1=C/C=C(\C)C(C)=O.CC.CC. The van der Waals surface area contributed by atoms with Crippen LogP contribution in [0, 0.1) is 0 Å². The van der Waals surface area contributed by atoms with Crippen molar-refractivity contribution in [2.75, 3.05) is 0 Å². The van der Waals surface area contributed by atoms with Crippen LogP contribution in [0.1, 0.15) is 67.2 Å². The number of rotatable bonds is 2. The Labute approximate surface area is 114 Å². The molecular weight excluding hydrogens is 220 g/mol. The van der Waals surface area contributed by atoms with Crippen molar-refractivity contribution in [2.45, 2.75) is 67.2 Å². The van der Waals surface area contributed by atoms with Crippen LogP contribution in [0.15, 0.2) is 35.5 Å². The predicted molar refractivity (Wildman–Crippen MR) is 82.8 cm³/mol. The third-order valence-corrected chi connectivity index (χ3v) is 2.72. The molecule has 1 heteroatoms. The summed E-state index contributed by atoms with van der Waals surface area (Å²) >= 11 is 0. The van der Waals surface area contributed by atoms with E-state index in [1.165, 1.54) is 24.0 Å². The lowest BCUT2D eigenvalue weighted by atomic mass is 9.90. The van der Waals surface area contributed by atoms with Gasteiger partial charge in [-0.15, -0.1) is 0 Å². The van der Waals surface area contributed by atoms with Crippen LogP contribution >= 0.6 is 0 Å². The van der Waals surface area contributed by atoms with E-state index < -0.39 is 0 Å². The van der Waals surface area contributed by atoms with Crippen LogP contribution in [-0.2, 0) is 4.79 Å². The number of ketones is 1. The first-order valence-electron chi connectivity index (χ1n) is 7.18. The highest BCUT2D eigenvalue weighted by Gasteiger charge is 2.08. The second-order valence-corrected chi connectivity index (χ2v) is 3.91. The third-order valence-electron chi connectivity index (χ3n) is 2.72. The molecule has 0 aliphatic heterocycles. The van der Waals surface area contributed by atoms with Crippen molar-refractivity contribution in [3.8, 4) is 0 Å². The van der Waals surface area contributed by atoms with Crippen molar-refractivity contribution in [3.63, 3.8) is 0 Å². The minimum Gasteiger partial charge on any atom is -0.295 e. The largest absolute Gasteiger partial charge is 0.295 e. The molecule has 0 aromatic carbocycles. The van der Waals surface area contributed by atoms with Crippen LogP contribution in [-0.4, -0.2) is 5.78 Å². The normalized spacial score (nSPS) is 17.3. The Morgan fingerprint density at radius 1 is 1.06 bits per heavy atom. The Bertz CT molecular complexity index is 306. The van der Waals surface area contributed by atoms with E-state index in [0.717, 1.165) is 18.4 Å². The Morgan fingerprint density at radius 2 is 1.56 bits per heavy atom. The molecule has 0 saturated heterocycles. The summed E-state index contributed by atoms with van der Waals surface area (Å²) in [5, 5.41) is 0. The van der Waals surface area contributed by atoms with Gasteiger partial charge in [0.1, 0.15) is 0 Å². The summed E-state index contributed by atoms with van der Waals surface area (Å²) in [5.74, 6) is 0.142. The maximum Gasteiger partial charge on any atom is 0.155 e. The summed E-state index contributed by atoms with van der Waals surface area (Å²) in [4.78, 5) is 11.0. The van der Waals surface area contributed by atoms with Crippen molar-refractivity contribution in [1.29, 1.82) is 0 Å². The molecule has 1 aliphatic carbocycles. The number of allylic oxidation sites excluding steroid dienone is 5. The summed E-state index contributed by atoms with van der Waals surface area (Å²) in [5.41, 5.74) is 3.37. The molecule has 0 radical (unpaired) electrons. The van der Waals surface area contributed by atoms with Crippen molar-refractivity contribution >= 4 is 5.78 Å². The standard InChI is InChI=1S/C13H18O.2C2H6/c1-10(12(3)14)8-9-13-7-5-4-6-11(13)2;2*1-2/h8-9H,2,4-7H2,1,3H3;2*1-2H3/b10-8+,13-9-;;. The monoisotopic (exact) mass is 250 g/mol. The zero-order chi connectivity index (χ0) is 14.6. The molecule has 104 valence electrons. The van der Waals surface area contributed by atoms with Gasteiger partial charge in [0, 0.05) is 0 Å². The molecule has 1 saturated carbocycles. The molecule has 0 aromatic heterocycles. The van der Waals surface area contributed by atoms with Gasteiger partial charge in [-0.25, -0.2) is 0 Å². The van der Waals surface area contributed by atoms with Gasteiger partial charge < -0.3 is 0 Å². The van der Waals surface area contributed by atoms with Gasteiger partial charge in [-0.3, -0.25) is 4.79 Å². The molecule has 0 spiro atoms. The molecular formula is C17H30O. The highest BCUT2D eigenvalue weighted by Crippen LogP contribution is 2.27. The molecule has 1 aliphatic rings. The fourth-order valence-corrected chi connectivity index (χ4v) is 1.54. The second-order valence-electron chi connectivity index (χ2n) is 3.91. The van der Waals surface area contributed by atoms with E-state index in [1.807, 2.05) is 40.7 Å². The van der Waals surface area contributed by atoms with Gasteiger partial charge in [0.05, 0.1) is 0 Å². The number of hydrogen-bond acceptors (Lipinski definition) is 1. The lowest BCUT2D eigenvalue weighted by molar-refractivity contribution is -0.113. The van der Waals surface area contributed by atoms with Gasteiger partial charge in [-0.2, -0.15) is 0 Å². The van der Waals surface area contributed by atoms with Crippen LogP contribution in [0.2, 0.25) is 0 Å². The van der Waals surface area contributed by atoms with E-state index in [-0.39, 0.29) is 5.78 Å². The molecule has 1 rings (SSSR count). The maximum atomic E-state index is 11.0. The van der Waals surface area contributed by atoms with Gasteiger partial charge in [0.25, 0.3) is 0 Å². The first kappa shape index (κ1) is 19.2. The van der Waals surface area contributed by atoms with Crippen molar-refractivity contribution in [1.82, 2.24) is 0 Å². The predicted octanol–water partition coefficient (Wildman–Crippen LogP) is 5.63. The molecule has 0 N–H and O–H groups in total. The molecule has 0 unspecified atom stereocenters. The highest BCUT2D eigenvalue weighted by molar-refractivity contribution is 5.92. The molecule has 0 atom stereocenters. The van der Waals surface area contributed by atoms with Gasteiger partial charge in [0.15, 0.2) is 5.78 Å². The van der Waals surface area contributed by atoms with E-state index in [2.05, 4.69) is 12.7 Å². The van der Waals surface area contributed by atoms with Gasteiger partial charge in [-0.05, 0) is 50.7 Å². The van der Waals surface area contributed by atoms with Gasteiger partial charge in [0.2, 0.25) is 0 Å². The topological polar surface area (TPSA) is 17.1 Å². The third kappa shape index (κ3) is 8.05. The highest BCUT2D eigenvalue weighted by atomic mass is 16.1. The minimum absolute atomic E-state index is 0.142. The Hall–Kier alpha value is -1.11. The van der Waals surface area contributed by atoms with Crippen molar-refractivity contribution in [2.24, 2.45) is 0 Å². The molecule has 0 heterocycles. The molecule has 1 fully saturated rings. The molecule has 0 bridgehead atoms. The van der Waals surface area contributed by atoms with Gasteiger partial charge in [-0.1, -0.05) is 52.0 Å². The van der Waals surface area contributed by atoms with Crippen LogP contribution in [0.3, 0.4) is 0 Å². The number of Topliss-reactive ketones (excluding diaryl/α,β-unsaturated/α-hetero) is 1. The van der Waals surface area contributed by atoms with Crippen LogP contribution in [0.5, 0.6) is 0 Å². The second kappa shape index (κ2) is 12.3. The van der Waals surface area contributed by atoms with E-state index in [4.69, 9.17) is 0 Å². The number of hydrogen-bond donors (Lipinski definition) is 0. The lowest BCUT2D eigenvalue weighted by Crippen LogP contribution is -1.97. The Morgan fingerprint density at radius 3 is 2.00 bits per heavy atom. The summed E-state index contributed by atoms with van der Waals surface area (Å²) in [6.07, 6.45) is 8.69. The van der Waals surface area contributed by atoms with Crippen molar-refractivity contribution in [3.05, 3.63) is 35.5 Å². The smallest absolute Gasteiger partial charge is 0.155 e. The van der Waals surface area contributed by atoms with E-state index >= 15 is 0 Å². The summed E-state index contributed by atoms with van der Waals surface area (Å²) < 4.78 is 0. The zero-order valence-electron chi connectivity index (χ0n) is 13.1. The van der Waals surface area contributed by atoms with E-state index in [9.17, 15) is 4.79 Å². The first-order chi connectivity index (χ1) is 8.61. The zero-order valence-corrected chi connectivity index (χ0v) is 13.1. The number of carbonyl (C=O) groups is 1. The maximum absolute atomic E-state index is 11.0. The average Bonchev–Trinajstić information content (AvgIpc) is 2.42. The quantitative estimate of drug-likeness (QED) is 0.580. The summed E-state index contributed by atoms with van der Waals surface area (Å²) in [6.45, 7) is 15.5. The summed E-state index contributed by atoms with van der Waals surface area (Å²) in [7, 11) is 0. The number of carbonyl (C=O) groups excluding carboxylic acids is 1. The Balaban J connectivity index is 0. The van der Waals surface area contributed by atoms with E-state index in [1.54, 1.807) is 6.92 Å². The Kier molecular flexibility index (Phi) is 13.2. The molecule has 1 nitrogen and oxygen atoms in total. The van der Waals surface area contributed by atoms with E-state index in [0.29, 0.717) is 0 Å². The molecule has 18 heavy (non-hydrogen) atoms. The fourth-order valence-electron chi connectivity index (χ4n) is 1.54. The van der Waals surface area contributed by atoms with Gasteiger partial charge >= 0.3 is 0 Å². The average molecular weight is 250 g/mol. The van der Waals surface area contributed by atoms with Crippen LogP contribution in [0.4, 0.5) is 0 Å². The molecule has 0 amide bonds. The summed E-state index contributed by atoms with van der Waals surface area (Å²) in [6, 6.07) is 0. The fraction of sp³-hybridized carbons (Fsp3) is 0.588.